The quantitative estimate of drug-likeness (QED) is 0.837. The highest BCUT2D eigenvalue weighted by atomic mass is 35.5. The van der Waals surface area contributed by atoms with Crippen molar-refractivity contribution in [1.82, 2.24) is 4.90 Å². The highest BCUT2D eigenvalue weighted by molar-refractivity contribution is 6.30. The number of piperazine rings is 1. The predicted molar refractivity (Wildman–Crippen MR) is 77.6 cm³/mol. The molecule has 0 spiro atoms. The Morgan fingerprint density at radius 3 is 2.50 bits per heavy atom. The van der Waals surface area contributed by atoms with Crippen molar-refractivity contribution >= 4 is 29.7 Å². The highest BCUT2D eigenvalue weighted by Gasteiger charge is 2.20. The zero-order valence-electron chi connectivity index (χ0n) is 10.3. The average Bonchev–Trinajstić information content (AvgIpc) is 2.38. The highest BCUT2D eigenvalue weighted by Crippen LogP contribution is 2.21. The molecular weight excluding hydrogens is 269 g/mol. The van der Waals surface area contributed by atoms with Gasteiger partial charge < -0.3 is 4.90 Å². The molecule has 1 aliphatic heterocycles. The van der Waals surface area contributed by atoms with E-state index in [-0.39, 0.29) is 18.4 Å². The average molecular weight is 286 g/mol. The molecule has 1 saturated heterocycles. The molecule has 0 amide bonds. The second-order valence-electron chi connectivity index (χ2n) is 4.31. The first-order valence-electron chi connectivity index (χ1n) is 5.85. The molecule has 0 bridgehead atoms. The first-order chi connectivity index (χ1) is 8.20. The van der Waals surface area contributed by atoms with E-state index in [9.17, 15) is 0 Å². The summed E-state index contributed by atoms with van der Waals surface area (Å²) in [5, 5.41) is 9.66. The largest absolute Gasteiger partial charge is 0.369 e. The van der Waals surface area contributed by atoms with Crippen LogP contribution in [-0.2, 0) is 0 Å². The zero-order chi connectivity index (χ0) is 12.3. The maximum atomic E-state index is 8.88. The molecule has 1 aromatic rings. The fraction of sp³-hybridized carbons (Fsp3) is 0.462. The van der Waals surface area contributed by atoms with Crippen molar-refractivity contribution in [2.45, 2.75) is 13.0 Å². The van der Waals surface area contributed by atoms with Crippen molar-refractivity contribution in [2.24, 2.45) is 0 Å². The normalized spacial score (nSPS) is 17.7. The van der Waals surface area contributed by atoms with E-state index in [0.717, 1.165) is 31.2 Å². The van der Waals surface area contributed by atoms with Crippen molar-refractivity contribution in [3.05, 3.63) is 29.3 Å². The molecule has 0 aliphatic carbocycles. The number of halogens is 2. The Bertz CT molecular complexity index is 422. The number of anilines is 1. The van der Waals surface area contributed by atoms with Gasteiger partial charge in [-0.25, -0.2) is 0 Å². The number of benzene rings is 1. The first-order valence-corrected chi connectivity index (χ1v) is 6.22. The van der Waals surface area contributed by atoms with E-state index in [2.05, 4.69) is 21.9 Å². The van der Waals surface area contributed by atoms with E-state index in [1.807, 2.05) is 25.1 Å². The van der Waals surface area contributed by atoms with Crippen LogP contribution in [0.3, 0.4) is 0 Å². The van der Waals surface area contributed by atoms with Gasteiger partial charge in [-0.15, -0.1) is 12.4 Å². The lowest BCUT2D eigenvalue weighted by atomic mass is 10.2. The van der Waals surface area contributed by atoms with Crippen LogP contribution in [0.4, 0.5) is 5.69 Å². The Morgan fingerprint density at radius 1 is 1.28 bits per heavy atom. The summed E-state index contributed by atoms with van der Waals surface area (Å²) in [6, 6.07) is 10.2. The van der Waals surface area contributed by atoms with E-state index >= 15 is 0 Å². The van der Waals surface area contributed by atoms with Crippen LogP contribution in [0.25, 0.3) is 0 Å². The number of nitriles is 1. The van der Waals surface area contributed by atoms with Crippen molar-refractivity contribution in [2.75, 3.05) is 31.1 Å². The van der Waals surface area contributed by atoms with Gasteiger partial charge in [-0.2, -0.15) is 5.26 Å². The first kappa shape index (κ1) is 15.1. The molecule has 0 aromatic heterocycles. The smallest absolute Gasteiger partial charge is 0.0950 e. The third-order valence-electron chi connectivity index (χ3n) is 3.22. The molecule has 0 radical (unpaired) electrons. The van der Waals surface area contributed by atoms with Gasteiger partial charge in [0.15, 0.2) is 0 Å². The summed E-state index contributed by atoms with van der Waals surface area (Å²) in [5.74, 6) is 0. The third kappa shape index (κ3) is 3.52. The Hall–Kier alpha value is -0.950. The molecule has 3 nitrogen and oxygen atoms in total. The van der Waals surface area contributed by atoms with E-state index in [1.165, 1.54) is 5.69 Å². The van der Waals surface area contributed by atoms with Gasteiger partial charge in [-0.1, -0.05) is 17.7 Å². The van der Waals surface area contributed by atoms with Gasteiger partial charge in [-0.3, -0.25) is 4.90 Å². The summed E-state index contributed by atoms with van der Waals surface area (Å²) >= 11 is 5.99. The second kappa shape index (κ2) is 6.84. The Labute approximate surface area is 119 Å². The van der Waals surface area contributed by atoms with Crippen LogP contribution < -0.4 is 4.90 Å². The maximum Gasteiger partial charge on any atom is 0.0950 e. The van der Waals surface area contributed by atoms with Gasteiger partial charge >= 0.3 is 0 Å². The summed E-state index contributed by atoms with van der Waals surface area (Å²) in [5.41, 5.74) is 1.17. The molecule has 0 saturated carbocycles. The summed E-state index contributed by atoms with van der Waals surface area (Å²) in [6.07, 6.45) is 0. The lowest BCUT2D eigenvalue weighted by Crippen LogP contribution is -2.49. The molecule has 1 aromatic carbocycles. The molecule has 0 N–H and O–H groups in total. The lowest BCUT2D eigenvalue weighted by molar-refractivity contribution is 0.231. The minimum Gasteiger partial charge on any atom is -0.369 e. The number of hydrogen-bond acceptors (Lipinski definition) is 3. The summed E-state index contributed by atoms with van der Waals surface area (Å²) in [6.45, 7) is 5.72. The molecular formula is C13H17Cl2N3. The fourth-order valence-electron chi connectivity index (χ4n) is 2.12. The third-order valence-corrected chi connectivity index (χ3v) is 3.46. The summed E-state index contributed by atoms with van der Waals surface area (Å²) < 4.78 is 0. The second-order valence-corrected chi connectivity index (χ2v) is 4.74. The van der Waals surface area contributed by atoms with E-state index in [4.69, 9.17) is 16.9 Å². The van der Waals surface area contributed by atoms with Crippen molar-refractivity contribution in [3.63, 3.8) is 0 Å². The van der Waals surface area contributed by atoms with Gasteiger partial charge in [0.1, 0.15) is 0 Å². The molecule has 98 valence electrons. The maximum absolute atomic E-state index is 8.88. The van der Waals surface area contributed by atoms with Crippen LogP contribution in [-0.4, -0.2) is 37.1 Å². The van der Waals surface area contributed by atoms with Crippen molar-refractivity contribution in [3.8, 4) is 6.07 Å². The van der Waals surface area contributed by atoms with Gasteiger partial charge in [0.25, 0.3) is 0 Å². The van der Waals surface area contributed by atoms with Gasteiger partial charge in [-0.05, 0) is 25.1 Å². The molecule has 1 fully saturated rings. The molecule has 1 aliphatic rings. The minimum absolute atomic E-state index is 0. The molecule has 18 heavy (non-hydrogen) atoms. The van der Waals surface area contributed by atoms with Gasteiger partial charge in [0.05, 0.1) is 12.1 Å². The van der Waals surface area contributed by atoms with Gasteiger partial charge in [0.2, 0.25) is 0 Å². The van der Waals surface area contributed by atoms with Crippen LogP contribution in [0.2, 0.25) is 5.02 Å². The number of nitrogens with zero attached hydrogens (tertiary/aromatic N) is 3. The number of hydrogen-bond donors (Lipinski definition) is 0. The fourth-order valence-corrected chi connectivity index (χ4v) is 2.31. The lowest BCUT2D eigenvalue weighted by Gasteiger charge is -2.37. The monoisotopic (exact) mass is 285 g/mol. The molecule has 1 unspecified atom stereocenters. The van der Waals surface area contributed by atoms with E-state index in [0.29, 0.717) is 0 Å². The van der Waals surface area contributed by atoms with Crippen molar-refractivity contribution < 1.29 is 0 Å². The molecule has 2 rings (SSSR count). The summed E-state index contributed by atoms with van der Waals surface area (Å²) in [4.78, 5) is 4.52. The minimum atomic E-state index is 0. The predicted octanol–water partition coefficient (Wildman–Crippen LogP) is 2.80. The van der Waals surface area contributed by atoms with Crippen LogP contribution in [0.1, 0.15) is 6.92 Å². The van der Waals surface area contributed by atoms with Crippen LogP contribution >= 0.6 is 24.0 Å². The Balaban J connectivity index is 0.00000162. The zero-order valence-corrected chi connectivity index (χ0v) is 11.9. The topological polar surface area (TPSA) is 30.3 Å². The Kier molecular flexibility index (Phi) is 5.74. The standard InChI is InChI=1S/C13H16ClN3.ClH/c1-11(10-15)16-5-7-17(8-6-16)13-4-2-3-12(14)9-13;/h2-4,9,11H,5-8H2,1H3;1H. The van der Waals surface area contributed by atoms with Gasteiger partial charge in [0, 0.05) is 36.9 Å². The molecule has 5 heteroatoms. The van der Waals surface area contributed by atoms with Crippen LogP contribution in [0, 0.1) is 11.3 Å². The molecule has 1 heterocycles. The SMILES string of the molecule is CC(C#N)N1CCN(c2cccc(Cl)c2)CC1.Cl. The number of rotatable bonds is 2. The van der Waals surface area contributed by atoms with E-state index in [1.54, 1.807) is 0 Å². The molecule has 1 atom stereocenters. The summed E-state index contributed by atoms with van der Waals surface area (Å²) in [7, 11) is 0. The van der Waals surface area contributed by atoms with E-state index < -0.39 is 0 Å². The van der Waals surface area contributed by atoms with Crippen molar-refractivity contribution in [1.29, 1.82) is 5.26 Å². The Morgan fingerprint density at radius 2 is 1.94 bits per heavy atom. The van der Waals surface area contributed by atoms with Crippen LogP contribution in [0.5, 0.6) is 0 Å². The van der Waals surface area contributed by atoms with Crippen LogP contribution in [0.15, 0.2) is 24.3 Å².